The summed E-state index contributed by atoms with van der Waals surface area (Å²) in [6.07, 6.45) is 0.0901. The van der Waals surface area contributed by atoms with E-state index in [0.29, 0.717) is 5.69 Å². The van der Waals surface area contributed by atoms with Crippen LogP contribution < -0.4 is 11.1 Å². The van der Waals surface area contributed by atoms with Crippen LogP contribution in [0.5, 0.6) is 0 Å². The van der Waals surface area contributed by atoms with Gasteiger partial charge < -0.3 is 11.1 Å². The van der Waals surface area contributed by atoms with Gasteiger partial charge >= 0.3 is 5.69 Å². The van der Waals surface area contributed by atoms with Gasteiger partial charge in [-0.25, -0.2) is 4.98 Å². The Hall–Kier alpha value is -2.18. The molecule has 0 spiro atoms. The lowest BCUT2D eigenvalue weighted by atomic mass is 10.2. The number of hydrogen-bond acceptors (Lipinski definition) is 5. The zero-order chi connectivity index (χ0) is 13.0. The van der Waals surface area contributed by atoms with Gasteiger partial charge in [-0.2, -0.15) is 0 Å². The Morgan fingerprint density at radius 3 is 2.82 bits per heavy atom. The van der Waals surface area contributed by atoms with Gasteiger partial charge in [0.15, 0.2) is 0 Å². The highest BCUT2D eigenvalue weighted by atomic mass is 16.6. The molecule has 1 aromatic heterocycles. The van der Waals surface area contributed by atoms with Crippen molar-refractivity contribution in [3.8, 4) is 0 Å². The van der Waals surface area contributed by atoms with Crippen LogP contribution in [0.2, 0.25) is 0 Å². The summed E-state index contributed by atoms with van der Waals surface area (Å²) in [5, 5.41) is 13.6. The van der Waals surface area contributed by atoms with Crippen LogP contribution in [-0.4, -0.2) is 21.9 Å². The van der Waals surface area contributed by atoms with Crippen molar-refractivity contribution in [1.82, 2.24) is 4.98 Å². The molecule has 0 aliphatic carbocycles. The summed E-state index contributed by atoms with van der Waals surface area (Å²) >= 11 is 0. The molecule has 0 saturated heterocycles. The van der Waals surface area contributed by atoms with E-state index >= 15 is 0 Å². The third kappa shape index (κ3) is 3.71. The molecule has 1 amide bonds. The van der Waals surface area contributed by atoms with E-state index in [9.17, 15) is 14.9 Å². The molecule has 0 radical (unpaired) electrons. The standard InChI is InChI=1S/C10H14N4O3/c1-6-3-4-8(14(16)17)10(12-6)13-7(2)5-9(11)15/h3-4,7H,5H2,1-2H3,(H2,11,15)(H,12,13). The molecule has 7 nitrogen and oxygen atoms in total. The van der Waals surface area contributed by atoms with Crippen molar-refractivity contribution in [2.45, 2.75) is 26.3 Å². The van der Waals surface area contributed by atoms with Crippen LogP contribution in [0.15, 0.2) is 12.1 Å². The molecule has 1 unspecified atom stereocenters. The molecule has 1 aromatic rings. The molecule has 0 bridgehead atoms. The minimum absolute atomic E-state index is 0.0901. The number of nitrogens with two attached hydrogens (primary N) is 1. The predicted molar refractivity (Wildman–Crippen MR) is 62.5 cm³/mol. The maximum absolute atomic E-state index is 10.8. The van der Waals surface area contributed by atoms with Crippen LogP contribution in [0.25, 0.3) is 0 Å². The first kappa shape index (κ1) is 12.9. The second-order valence-corrected chi connectivity index (χ2v) is 3.79. The van der Waals surface area contributed by atoms with Crippen LogP contribution in [0.3, 0.4) is 0 Å². The van der Waals surface area contributed by atoms with Gasteiger partial charge in [0.25, 0.3) is 0 Å². The number of aromatic nitrogens is 1. The van der Waals surface area contributed by atoms with Gasteiger partial charge in [0, 0.05) is 24.2 Å². The number of carbonyl (C=O) groups is 1. The highest BCUT2D eigenvalue weighted by Gasteiger charge is 2.17. The lowest BCUT2D eigenvalue weighted by Crippen LogP contribution is -2.24. The fourth-order valence-corrected chi connectivity index (χ4v) is 1.39. The molecule has 0 aliphatic rings. The summed E-state index contributed by atoms with van der Waals surface area (Å²) in [5.41, 5.74) is 5.58. The number of nitrogens with one attached hydrogen (secondary N) is 1. The molecule has 0 aliphatic heterocycles. The van der Waals surface area contributed by atoms with Crippen molar-refractivity contribution in [2.75, 3.05) is 5.32 Å². The first-order valence-electron chi connectivity index (χ1n) is 5.07. The van der Waals surface area contributed by atoms with Gasteiger partial charge in [-0.15, -0.1) is 0 Å². The normalized spacial score (nSPS) is 11.9. The van der Waals surface area contributed by atoms with Gasteiger partial charge in [0.1, 0.15) is 0 Å². The van der Waals surface area contributed by atoms with Crippen LogP contribution in [0.4, 0.5) is 11.5 Å². The van der Waals surface area contributed by atoms with Gasteiger partial charge in [-0.3, -0.25) is 14.9 Å². The Kier molecular flexibility index (Phi) is 3.97. The fourth-order valence-electron chi connectivity index (χ4n) is 1.39. The van der Waals surface area contributed by atoms with E-state index in [-0.39, 0.29) is 24.0 Å². The van der Waals surface area contributed by atoms with E-state index in [1.165, 1.54) is 6.07 Å². The van der Waals surface area contributed by atoms with E-state index in [4.69, 9.17) is 5.73 Å². The third-order valence-electron chi connectivity index (χ3n) is 2.10. The molecule has 3 N–H and O–H groups in total. The first-order chi connectivity index (χ1) is 7.90. The van der Waals surface area contributed by atoms with Crippen molar-refractivity contribution in [3.05, 3.63) is 27.9 Å². The lowest BCUT2D eigenvalue weighted by Gasteiger charge is -2.12. The molecule has 0 aromatic carbocycles. The van der Waals surface area contributed by atoms with Gasteiger partial charge in [0.05, 0.1) is 4.92 Å². The summed E-state index contributed by atoms with van der Waals surface area (Å²) in [5.74, 6) is -0.316. The van der Waals surface area contributed by atoms with Crippen LogP contribution in [-0.2, 0) is 4.79 Å². The van der Waals surface area contributed by atoms with Crippen LogP contribution in [0, 0.1) is 17.0 Å². The fraction of sp³-hybridized carbons (Fsp3) is 0.400. The Labute approximate surface area is 98.2 Å². The number of amides is 1. The molecule has 1 heterocycles. The number of nitro groups is 1. The summed E-state index contributed by atoms with van der Waals surface area (Å²) in [6, 6.07) is 2.63. The van der Waals surface area contributed by atoms with Gasteiger partial charge in [0.2, 0.25) is 11.7 Å². The Bertz CT molecular complexity index is 447. The highest BCUT2D eigenvalue weighted by Crippen LogP contribution is 2.22. The van der Waals surface area contributed by atoms with E-state index in [1.54, 1.807) is 19.9 Å². The SMILES string of the molecule is Cc1ccc([N+](=O)[O-])c(NC(C)CC(N)=O)n1. The lowest BCUT2D eigenvalue weighted by molar-refractivity contribution is -0.384. The number of nitrogens with zero attached hydrogens (tertiary/aromatic N) is 2. The van der Waals surface area contributed by atoms with Crippen molar-refractivity contribution in [2.24, 2.45) is 5.73 Å². The Morgan fingerprint density at radius 2 is 2.29 bits per heavy atom. The predicted octanol–water partition coefficient (Wildman–Crippen LogP) is 0.974. The van der Waals surface area contributed by atoms with Gasteiger partial charge in [-0.05, 0) is 19.9 Å². The third-order valence-corrected chi connectivity index (χ3v) is 2.10. The van der Waals surface area contributed by atoms with Crippen molar-refractivity contribution >= 4 is 17.4 Å². The van der Waals surface area contributed by atoms with E-state index < -0.39 is 10.8 Å². The van der Waals surface area contributed by atoms with Crippen molar-refractivity contribution in [3.63, 3.8) is 0 Å². The minimum atomic E-state index is -0.522. The molecule has 7 heteroatoms. The largest absolute Gasteiger partial charge is 0.370 e. The smallest absolute Gasteiger partial charge is 0.311 e. The summed E-state index contributed by atoms with van der Waals surface area (Å²) < 4.78 is 0. The average Bonchev–Trinajstić information content (AvgIpc) is 2.15. The molecule has 17 heavy (non-hydrogen) atoms. The second-order valence-electron chi connectivity index (χ2n) is 3.79. The quantitative estimate of drug-likeness (QED) is 0.586. The first-order valence-corrected chi connectivity index (χ1v) is 5.07. The number of aryl methyl sites for hydroxylation is 1. The maximum atomic E-state index is 10.8. The number of anilines is 1. The summed E-state index contributed by atoms with van der Waals surface area (Å²) in [4.78, 5) is 25.0. The number of carbonyl (C=O) groups excluding carboxylic acids is 1. The van der Waals surface area contributed by atoms with E-state index in [2.05, 4.69) is 10.3 Å². The minimum Gasteiger partial charge on any atom is -0.370 e. The van der Waals surface area contributed by atoms with Crippen molar-refractivity contribution < 1.29 is 9.72 Å². The molecule has 92 valence electrons. The maximum Gasteiger partial charge on any atom is 0.311 e. The topological polar surface area (TPSA) is 111 Å². The van der Waals surface area contributed by atoms with E-state index in [0.717, 1.165) is 0 Å². The number of hydrogen-bond donors (Lipinski definition) is 2. The summed E-state index contributed by atoms with van der Waals surface area (Å²) in [6.45, 7) is 3.44. The molecule has 0 fully saturated rings. The molecular weight excluding hydrogens is 224 g/mol. The van der Waals surface area contributed by atoms with E-state index in [1.807, 2.05) is 0 Å². The number of primary amides is 1. The van der Waals surface area contributed by atoms with Crippen LogP contribution in [0.1, 0.15) is 19.0 Å². The van der Waals surface area contributed by atoms with Crippen molar-refractivity contribution in [1.29, 1.82) is 0 Å². The molecule has 1 rings (SSSR count). The average molecular weight is 238 g/mol. The summed E-state index contributed by atoms with van der Waals surface area (Å²) in [7, 11) is 0. The van der Waals surface area contributed by atoms with Crippen LogP contribution >= 0.6 is 0 Å². The monoisotopic (exact) mass is 238 g/mol. The zero-order valence-electron chi connectivity index (χ0n) is 9.64. The zero-order valence-corrected chi connectivity index (χ0v) is 9.64. The molecular formula is C10H14N4O3. The second kappa shape index (κ2) is 5.24. The van der Waals surface area contributed by atoms with Gasteiger partial charge in [-0.1, -0.05) is 0 Å². The Morgan fingerprint density at radius 1 is 1.65 bits per heavy atom. The number of rotatable bonds is 5. The highest BCUT2D eigenvalue weighted by molar-refractivity contribution is 5.75. The molecule has 1 atom stereocenters. The molecule has 0 saturated carbocycles. The number of pyridine rings is 1. The Balaban J connectivity index is 2.92.